The van der Waals surface area contributed by atoms with Gasteiger partial charge in [0.1, 0.15) is 0 Å². The Balaban J connectivity index is 1.74. The summed E-state index contributed by atoms with van der Waals surface area (Å²) in [4.78, 5) is 23.0. The number of fused-ring (bicyclic) bond motifs is 2. The number of benzene rings is 3. The molecular formula is C25H18N4O. The van der Waals surface area contributed by atoms with Gasteiger partial charge >= 0.3 is 5.69 Å². The Kier molecular flexibility index (Phi) is 3.55. The molecule has 0 atom stereocenters. The minimum atomic E-state index is -0.168. The Hall–Kier alpha value is -4.25. The highest BCUT2D eigenvalue weighted by molar-refractivity contribution is 5.99. The first-order valence-electron chi connectivity index (χ1n) is 9.85. The van der Waals surface area contributed by atoms with Crippen molar-refractivity contribution in [2.75, 3.05) is 0 Å². The number of H-pyrrole nitrogens is 3. The van der Waals surface area contributed by atoms with Crippen molar-refractivity contribution in [2.45, 2.75) is 0 Å². The maximum atomic E-state index is 13.3. The van der Waals surface area contributed by atoms with E-state index in [2.05, 4.69) is 21.0 Å². The quantitative estimate of drug-likeness (QED) is 0.369. The zero-order chi connectivity index (χ0) is 20.1. The number of para-hydroxylation sites is 2. The van der Waals surface area contributed by atoms with Gasteiger partial charge in [-0.3, -0.25) is 4.57 Å². The Morgan fingerprint density at radius 1 is 0.667 bits per heavy atom. The van der Waals surface area contributed by atoms with Gasteiger partial charge in [-0.1, -0.05) is 66.7 Å². The molecule has 3 N–H and O–H groups in total. The molecule has 3 aromatic heterocycles. The molecule has 5 heteroatoms. The first-order valence-corrected chi connectivity index (χ1v) is 9.85. The summed E-state index contributed by atoms with van der Waals surface area (Å²) in [5, 5.41) is 2.07. The lowest BCUT2D eigenvalue weighted by Gasteiger charge is -2.09. The van der Waals surface area contributed by atoms with Crippen molar-refractivity contribution in [2.24, 2.45) is 0 Å². The monoisotopic (exact) mass is 390 g/mol. The van der Waals surface area contributed by atoms with Gasteiger partial charge in [0.15, 0.2) is 0 Å². The molecule has 0 fully saturated rings. The van der Waals surface area contributed by atoms with Crippen molar-refractivity contribution in [3.8, 4) is 28.2 Å². The largest absolute Gasteiger partial charge is 0.360 e. The minimum Gasteiger partial charge on any atom is -0.360 e. The fourth-order valence-electron chi connectivity index (χ4n) is 4.24. The summed E-state index contributed by atoms with van der Waals surface area (Å²) in [7, 11) is 0. The molecule has 0 unspecified atom stereocenters. The van der Waals surface area contributed by atoms with E-state index >= 15 is 0 Å². The second-order valence-corrected chi connectivity index (χ2v) is 7.32. The molecule has 0 aliphatic carbocycles. The van der Waals surface area contributed by atoms with Crippen LogP contribution in [0.5, 0.6) is 0 Å². The second-order valence-electron chi connectivity index (χ2n) is 7.32. The average molecular weight is 390 g/mol. The number of hydrogen-bond donors (Lipinski definition) is 3. The van der Waals surface area contributed by atoms with Crippen molar-refractivity contribution in [3.63, 3.8) is 0 Å². The Morgan fingerprint density at radius 2 is 1.30 bits per heavy atom. The standard InChI is InChI=1S/C25H18N4O/c30-25-28-23(16-8-2-1-3-9-16)24(19-14-26-20-12-6-4-10-17(19)20)29(25)22-15-27-21-13-7-5-11-18(21)22/h1-15,26-27H,(H,28,30). The van der Waals surface area contributed by atoms with Crippen LogP contribution in [0.25, 0.3) is 50.0 Å². The van der Waals surface area contributed by atoms with Crippen LogP contribution >= 0.6 is 0 Å². The molecule has 0 aliphatic heterocycles. The molecule has 5 nitrogen and oxygen atoms in total. The van der Waals surface area contributed by atoms with Gasteiger partial charge in [0.2, 0.25) is 0 Å². The second kappa shape index (κ2) is 6.39. The van der Waals surface area contributed by atoms with E-state index in [1.807, 2.05) is 85.2 Å². The highest BCUT2D eigenvalue weighted by atomic mass is 16.1. The zero-order valence-corrected chi connectivity index (χ0v) is 16.0. The summed E-state index contributed by atoms with van der Waals surface area (Å²) >= 11 is 0. The number of rotatable bonds is 3. The molecule has 0 saturated carbocycles. The zero-order valence-electron chi connectivity index (χ0n) is 16.0. The van der Waals surface area contributed by atoms with Crippen molar-refractivity contribution in [1.29, 1.82) is 0 Å². The highest BCUT2D eigenvalue weighted by Gasteiger charge is 2.22. The predicted molar refractivity (Wildman–Crippen MR) is 121 cm³/mol. The molecule has 0 saturated heterocycles. The van der Waals surface area contributed by atoms with E-state index in [1.165, 1.54) is 0 Å². The smallest absolute Gasteiger partial charge is 0.331 e. The summed E-state index contributed by atoms with van der Waals surface area (Å²) in [6, 6.07) is 26.1. The third-order valence-corrected chi connectivity index (χ3v) is 5.61. The van der Waals surface area contributed by atoms with Crippen molar-refractivity contribution in [1.82, 2.24) is 19.5 Å². The molecule has 30 heavy (non-hydrogen) atoms. The van der Waals surface area contributed by atoms with E-state index in [0.717, 1.165) is 50.0 Å². The van der Waals surface area contributed by atoms with Crippen LogP contribution in [-0.4, -0.2) is 19.5 Å². The molecule has 0 radical (unpaired) electrons. The van der Waals surface area contributed by atoms with Crippen LogP contribution in [0.3, 0.4) is 0 Å². The molecule has 3 heterocycles. The third-order valence-electron chi connectivity index (χ3n) is 5.61. The van der Waals surface area contributed by atoms with Crippen molar-refractivity contribution < 1.29 is 0 Å². The molecule has 0 bridgehead atoms. The number of nitrogens with zero attached hydrogens (tertiary/aromatic N) is 1. The van der Waals surface area contributed by atoms with Crippen LogP contribution < -0.4 is 5.69 Å². The van der Waals surface area contributed by atoms with Gasteiger partial charge in [0.25, 0.3) is 0 Å². The summed E-state index contributed by atoms with van der Waals surface area (Å²) in [5.74, 6) is 0. The molecule has 6 aromatic rings. The lowest BCUT2D eigenvalue weighted by atomic mass is 10.0. The van der Waals surface area contributed by atoms with Gasteiger partial charge in [0.05, 0.1) is 17.1 Å². The molecule has 0 amide bonds. The Morgan fingerprint density at radius 3 is 2.10 bits per heavy atom. The lowest BCUT2D eigenvalue weighted by molar-refractivity contribution is 1.00. The van der Waals surface area contributed by atoms with Crippen LogP contribution in [0.4, 0.5) is 0 Å². The highest BCUT2D eigenvalue weighted by Crippen LogP contribution is 2.37. The molecule has 0 spiro atoms. The van der Waals surface area contributed by atoms with Crippen LogP contribution in [0, 0.1) is 0 Å². The minimum absolute atomic E-state index is 0.168. The number of aromatic amines is 3. The first-order chi connectivity index (χ1) is 14.8. The average Bonchev–Trinajstić information content (AvgIpc) is 3.49. The maximum absolute atomic E-state index is 13.3. The fourth-order valence-corrected chi connectivity index (χ4v) is 4.24. The Bertz CT molecular complexity index is 1560. The van der Waals surface area contributed by atoms with E-state index in [4.69, 9.17) is 0 Å². The summed E-state index contributed by atoms with van der Waals surface area (Å²) in [6.45, 7) is 0. The van der Waals surface area contributed by atoms with Gasteiger partial charge in [0, 0.05) is 45.3 Å². The topological polar surface area (TPSA) is 69.4 Å². The Labute approximate surface area is 171 Å². The van der Waals surface area contributed by atoms with Gasteiger partial charge in [-0.05, 0) is 12.1 Å². The molecule has 144 valence electrons. The third kappa shape index (κ3) is 2.39. The summed E-state index contributed by atoms with van der Waals surface area (Å²) < 4.78 is 1.77. The molecule has 0 aliphatic rings. The van der Waals surface area contributed by atoms with E-state index < -0.39 is 0 Å². The van der Waals surface area contributed by atoms with E-state index in [1.54, 1.807) is 4.57 Å². The summed E-state index contributed by atoms with van der Waals surface area (Å²) in [5.41, 5.74) is 6.27. The number of nitrogens with one attached hydrogen (secondary N) is 3. The molecule has 6 rings (SSSR count). The number of aromatic nitrogens is 4. The van der Waals surface area contributed by atoms with Crippen LogP contribution in [0.1, 0.15) is 0 Å². The lowest BCUT2D eigenvalue weighted by Crippen LogP contribution is -2.15. The normalized spacial score (nSPS) is 11.5. The van der Waals surface area contributed by atoms with Crippen molar-refractivity contribution >= 4 is 21.8 Å². The van der Waals surface area contributed by atoms with Gasteiger partial charge < -0.3 is 15.0 Å². The van der Waals surface area contributed by atoms with E-state index in [-0.39, 0.29) is 5.69 Å². The van der Waals surface area contributed by atoms with Gasteiger partial charge in [-0.15, -0.1) is 0 Å². The van der Waals surface area contributed by atoms with Crippen LogP contribution in [0.15, 0.2) is 96.1 Å². The fraction of sp³-hybridized carbons (Fsp3) is 0. The van der Waals surface area contributed by atoms with Crippen molar-refractivity contribution in [3.05, 3.63) is 102 Å². The maximum Gasteiger partial charge on any atom is 0.331 e. The predicted octanol–water partition coefficient (Wildman–Crippen LogP) is 5.46. The molecular weight excluding hydrogens is 372 g/mol. The van der Waals surface area contributed by atoms with E-state index in [0.29, 0.717) is 0 Å². The number of hydrogen-bond acceptors (Lipinski definition) is 1. The molecule has 3 aromatic carbocycles. The SMILES string of the molecule is O=c1[nH]c(-c2ccccc2)c(-c2c[nH]c3ccccc23)n1-c1c[nH]c2ccccc12. The number of imidazole rings is 1. The summed E-state index contributed by atoms with van der Waals surface area (Å²) in [6.07, 6.45) is 3.87. The van der Waals surface area contributed by atoms with Gasteiger partial charge in [-0.2, -0.15) is 0 Å². The van der Waals surface area contributed by atoms with E-state index in [9.17, 15) is 4.79 Å². The first kappa shape index (κ1) is 16.7. The van der Waals surface area contributed by atoms with Crippen LogP contribution in [0.2, 0.25) is 0 Å². The van der Waals surface area contributed by atoms with Crippen LogP contribution in [-0.2, 0) is 0 Å². The van der Waals surface area contributed by atoms with Gasteiger partial charge in [-0.25, -0.2) is 4.79 Å².